The van der Waals surface area contributed by atoms with Crippen LogP contribution in [0.4, 0.5) is 0 Å². The van der Waals surface area contributed by atoms with Crippen LogP contribution in [-0.2, 0) is 4.79 Å². The molecule has 0 aliphatic heterocycles. The fourth-order valence-corrected chi connectivity index (χ4v) is 3.86. The number of carbonyl (C=O) groups is 1. The van der Waals surface area contributed by atoms with Gasteiger partial charge in [0.05, 0.1) is 13.0 Å². The molecule has 1 aromatic rings. The minimum absolute atomic E-state index is 0.0842. The molecule has 0 heterocycles. The molecule has 1 aromatic carbocycles. The van der Waals surface area contributed by atoms with Crippen LogP contribution in [0.3, 0.4) is 0 Å². The lowest BCUT2D eigenvalue weighted by molar-refractivity contribution is -0.123. The lowest BCUT2D eigenvalue weighted by Gasteiger charge is -2.37. The van der Waals surface area contributed by atoms with Crippen molar-refractivity contribution in [3.63, 3.8) is 0 Å². The quantitative estimate of drug-likeness (QED) is 0.763. The summed E-state index contributed by atoms with van der Waals surface area (Å²) in [5.41, 5.74) is 1.11. The van der Waals surface area contributed by atoms with Crippen molar-refractivity contribution in [3.8, 4) is 5.75 Å². The highest BCUT2D eigenvalue weighted by atomic mass is 16.5. The summed E-state index contributed by atoms with van der Waals surface area (Å²) in [5, 5.41) is 12.6. The molecular weight excluding hydrogens is 302 g/mol. The highest BCUT2D eigenvalue weighted by Gasteiger charge is 2.32. The van der Waals surface area contributed by atoms with Gasteiger partial charge >= 0.3 is 0 Å². The van der Waals surface area contributed by atoms with E-state index in [-0.39, 0.29) is 23.8 Å². The third-order valence-electron chi connectivity index (χ3n) is 5.44. The van der Waals surface area contributed by atoms with Crippen molar-refractivity contribution in [2.24, 2.45) is 5.41 Å². The zero-order valence-corrected chi connectivity index (χ0v) is 15.0. The number of carbonyl (C=O) groups excluding carboxylic acids is 1. The molecule has 0 aromatic heterocycles. The number of rotatable bonds is 8. The van der Waals surface area contributed by atoms with Crippen molar-refractivity contribution in [2.45, 2.75) is 57.8 Å². The number of hydrogen-bond acceptors (Lipinski definition) is 3. The summed E-state index contributed by atoms with van der Waals surface area (Å²) in [6, 6.07) is 7.74. The van der Waals surface area contributed by atoms with Gasteiger partial charge < -0.3 is 15.2 Å². The van der Waals surface area contributed by atoms with E-state index in [0.717, 1.165) is 37.0 Å². The number of aliphatic hydroxyl groups is 1. The van der Waals surface area contributed by atoms with Crippen LogP contribution >= 0.6 is 0 Å². The Bertz CT molecular complexity index is 501. The van der Waals surface area contributed by atoms with Gasteiger partial charge in [0.15, 0.2) is 0 Å². The minimum atomic E-state index is -0.134. The summed E-state index contributed by atoms with van der Waals surface area (Å²) >= 11 is 0. The Hall–Kier alpha value is -1.55. The van der Waals surface area contributed by atoms with Gasteiger partial charge in [0, 0.05) is 13.2 Å². The summed E-state index contributed by atoms with van der Waals surface area (Å²) in [5.74, 6) is 0.759. The fourth-order valence-electron chi connectivity index (χ4n) is 3.86. The summed E-state index contributed by atoms with van der Waals surface area (Å²) < 4.78 is 5.19. The minimum Gasteiger partial charge on any atom is -0.497 e. The lowest BCUT2D eigenvalue weighted by atomic mass is 9.72. The normalized spacial score (nSPS) is 18.0. The zero-order valence-electron chi connectivity index (χ0n) is 15.0. The third kappa shape index (κ3) is 4.73. The predicted octanol–water partition coefficient (Wildman–Crippen LogP) is 3.64. The van der Waals surface area contributed by atoms with E-state index >= 15 is 0 Å². The SMILES string of the molecule is CCC(C(=O)NCC1(CCO)CCCCC1)c1ccc(OC)cc1. The second kappa shape index (κ2) is 9.07. The maximum absolute atomic E-state index is 12.7. The largest absolute Gasteiger partial charge is 0.497 e. The van der Waals surface area contributed by atoms with E-state index in [0.29, 0.717) is 6.54 Å². The molecule has 0 saturated heterocycles. The number of aliphatic hydroxyl groups excluding tert-OH is 1. The molecule has 1 saturated carbocycles. The van der Waals surface area contributed by atoms with Gasteiger partial charge in [-0.05, 0) is 48.8 Å². The third-order valence-corrected chi connectivity index (χ3v) is 5.44. The van der Waals surface area contributed by atoms with Crippen LogP contribution < -0.4 is 10.1 Å². The van der Waals surface area contributed by atoms with Crippen LogP contribution in [0.5, 0.6) is 5.75 Å². The van der Waals surface area contributed by atoms with Crippen molar-refractivity contribution in [3.05, 3.63) is 29.8 Å². The Morgan fingerprint density at radius 1 is 1.25 bits per heavy atom. The molecule has 1 aliphatic carbocycles. The zero-order chi connectivity index (χ0) is 17.4. The molecule has 4 heteroatoms. The molecule has 24 heavy (non-hydrogen) atoms. The maximum atomic E-state index is 12.7. The van der Waals surface area contributed by atoms with Gasteiger partial charge in [0.2, 0.25) is 5.91 Å². The van der Waals surface area contributed by atoms with Gasteiger partial charge in [-0.1, -0.05) is 38.3 Å². The van der Waals surface area contributed by atoms with E-state index in [9.17, 15) is 9.90 Å². The first-order valence-corrected chi connectivity index (χ1v) is 9.16. The van der Waals surface area contributed by atoms with Crippen LogP contribution in [0.1, 0.15) is 63.4 Å². The Labute approximate surface area is 145 Å². The van der Waals surface area contributed by atoms with Gasteiger partial charge in [-0.25, -0.2) is 0 Å². The van der Waals surface area contributed by atoms with E-state index in [2.05, 4.69) is 5.32 Å². The Balaban J connectivity index is 1.99. The number of methoxy groups -OCH3 is 1. The average Bonchev–Trinajstić information content (AvgIpc) is 2.62. The van der Waals surface area contributed by atoms with Crippen LogP contribution in [0.25, 0.3) is 0 Å². The van der Waals surface area contributed by atoms with E-state index in [1.807, 2.05) is 31.2 Å². The molecule has 1 aliphatic rings. The van der Waals surface area contributed by atoms with Crippen LogP contribution in [0.15, 0.2) is 24.3 Å². The van der Waals surface area contributed by atoms with Gasteiger partial charge in [-0.15, -0.1) is 0 Å². The average molecular weight is 333 g/mol. The van der Waals surface area contributed by atoms with Crippen LogP contribution in [-0.4, -0.2) is 31.3 Å². The van der Waals surface area contributed by atoms with E-state index in [4.69, 9.17) is 4.74 Å². The second-order valence-corrected chi connectivity index (χ2v) is 6.99. The fraction of sp³-hybridized carbons (Fsp3) is 0.650. The van der Waals surface area contributed by atoms with Crippen molar-refractivity contribution in [1.29, 1.82) is 0 Å². The Morgan fingerprint density at radius 2 is 1.92 bits per heavy atom. The summed E-state index contributed by atoms with van der Waals surface area (Å²) in [6.07, 6.45) is 7.43. The van der Waals surface area contributed by atoms with Crippen molar-refractivity contribution >= 4 is 5.91 Å². The van der Waals surface area contributed by atoms with Crippen molar-refractivity contribution < 1.29 is 14.6 Å². The molecule has 134 valence electrons. The van der Waals surface area contributed by atoms with E-state index in [1.165, 1.54) is 19.3 Å². The van der Waals surface area contributed by atoms with Gasteiger partial charge in [-0.2, -0.15) is 0 Å². The summed E-state index contributed by atoms with van der Waals surface area (Å²) in [7, 11) is 1.64. The molecular formula is C20H31NO3. The molecule has 2 N–H and O–H groups in total. The van der Waals surface area contributed by atoms with E-state index < -0.39 is 0 Å². The summed E-state index contributed by atoms with van der Waals surface area (Å²) in [6.45, 7) is 2.92. The van der Waals surface area contributed by atoms with Gasteiger partial charge in [-0.3, -0.25) is 4.79 Å². The second-order valence-electron chi connectivity index (χ2n) is 6.99. The predicted molar refractivity (Wildman–Crippen MR) is 96.3 cm³/mol. The lowest BCUT2D eigenvalue weighted by Crippen LogP contribution is -2.41. The summed E-state index contributed by atoms with van der Waals surface area (Å²) in [4.78, 5) is 12.7. The maximum Gasteiger partial charge on any atom is 0.227 e. The number of amides is 1. The standard InChI is InChI=1S/C20H31NO3/c1-3-18(16-7-9-17(24-2)10-8-16)19(23)21-15-20(13-14-22)11-5-4-6-12-20/h7-10,18,22H,3-6,11-15H2,1-2H3,(H,21,23). The topological polar surface area (TPSA) is 58.6 Å². The number of hydrogen-bond donors (Lipinski definition) is 2. The molecule has 0 radical (unpaired) electrons. The molecule has 2 rings (SSSR count). The van der Waals surface area contributed by atoms with Crippen molar-refractivity contribution in [2.75, 3.05) is 20.3 Å². The molecule has 1 amide bonds. The smallest absolute Gasteiger partial charge is 0.227 e. The van der Waals surface area contributed by atoms with Crippen molar-refractivity contribution in [1.82, 2.24) is 5.32 Å². The molecule has 1 unspecified atom stereocenters. The highest BCUT2D eigenvalue weighted by Crippen LogP contribution is 2.38. The molecule has 1 fully saturated rings. The number of benzene rings is 1. The van der Waals surface area contributed by atoms with Crippen LogP contribution in [0, 0.1) is 5.41 Å². The van der Waals surface area contributed by atoms with Gasteiger partial charge in [0.25, 0.3) is 0 Å². The Kier molecular flexibility index (Phi) is 7.10. The first-order valence-electron chi connectivity index (χ1n) is 9.16. The number of nitrogens with one attached hydrogen (secondary N) is 1. The van der Waals surface area contributed by atoms with Gasteiger partial charge in [0.1, 0.15) is 5.75 Å². The molecule has 1 atom stereocenters. The first-order chi connectivity index (χ1) is 11.6. The molecule has 4 nitrogen and oxygen atoms in total. The Morgan fingerprint density at radius 3 is 2.46 bits per heavy atom. The van der Waals surface area contributed by atoms with E-state index in [1.54, 1.807) is 7.11 Å². The number of ether oxygens (including phenoxy) is 1. The molecule has 0 bridgehead atoms. The first kappa shape index (κ1) is 18.8. The molecule has 0 spiro atoms. The monoisotopic (exact) mass is 333 g/mol. The van der Waals surface area contributed by atoms with Crippen LogP contribution in [0.2, 0.25) is 0 Å². The highest BCUT2D eigenvalue weighted by molar-refractivity contribution is 5.83.